The van der Waals surface area contributed by atoms with Crippen LogP contribution in [0.3, 0.4) is 0 Å². The van der Waals surface area contributed by atoms with Gasteiger partial charge in [0.2, 0.25) is 11.8 Å². The number of nitrogens with zero attached hydrogens (tertiary/aromatic N) is 2. The first-order valence-electron chi connectivity index (χ1n) is 10.5. The van der Waals surface area contributed by atoms with Crippen molar-refractivity contribution in [3.05, 3.63) is 35.9 Å². The van der Waals surface area contributed by atoms with Gasteiger partial charge in [0.25, 0.3) is 0 Å². The Hall–Kier alpha value is -1.88. The Bertz CT molecular complexity index is 611. The molecular formula is C22H33N3O2. The number of carbonyl (C=O) groups is 2. The van der Waals surface area contributed by atoms with Crippen molar-refractivity contribution < 1.29 is 9.59 Å². The lowest BCUT2D eigenvalue weighted by Gasteiger charge is -2.35. The molecule has 5 heteroatoms. The van der Waals surface area contributed by atoms with E-state index in [1.54, 1.807) is 0 Å². The van der Waals surface area contributed by atoms with E-state index in [4.69, 9.17) is 0 Å². The molecule has 0 saturated carbocycles. The largest absolute Gasteiger partial charge is 0.353 e. The molecule has 1 N–H and O–H groups in total. The average molecular weight is 372 g/mol. The van der Waals surface area contributed by atoms with Gasteiger partial charge in [-0.25, -0.2) is 0 Å². The minimum atomic E-state index is -0.0628. The van der Waals surface area contributed by atoms with Crippen molar-refractivity contribution in [1.29, 1.82) is 0 Å². The van der Waals surface area contributed by atoms with Gasteiger partial charge in [-0.1, -0.05) is 37.3 Å². The minimum Gasteiger partial charge on any atom is -0.353 e. The summed E-state index contributed by atoms with van der Waals surface area (Å²) < 4.78 is 0. The van der Waals surface area contributed by atoms with Gasteiger partial charge in [0.15, 0.2) is 0 Å². The molecule has 1 aromatic carbocycles. The first kappa shape index (κ1) is 19.9. The molecule has 0 aromatic heterocycles. The number of likely N-dealkylation sites (tertiary alicyclic amines) is 2. The molecule has 0 bridgehead atoms. The van der Waals surface area contributed by atoms with E-state index in [9.17, 15) is 9.59 Å². The zero-order valence-electron chi connectivity index (χ0n) is 16.5. The summed E-state index contributed by atoms with van der Waals surface area (Å²) in [6.45, 7) is 6.84. The van der Waals surface area contributed by atoms with Gasteiger partial charge in [0, 0.05) is 32.2 Å². The lowest BCUT2D eigenvalue weighted by molar-refractivity contribution is -0.135. The number of amides is 2. The maximum atomic E-state index is 12.7. The van der Waals surface area contributed by atoms with Gasteiger partial charge in [0.1, 0.15) is 0 Å². The Morgan fingerprint density at radius 1 is 1.07 bits per heavy atom. The Labute approximate surface area is 163 Å². The maximum absolute atomic E-state index is 12.7. The van der Waals surface area contributed by atoms with Gasteiger partial charge in [-0.2, -0.15) is 0 Å². The van der Waals surface area contributed by atoms with Crippen LogP contribution >= 0.6 is 0 Å². The highest BCUT2D eigenvalue weighted by Crippen LogP contribution is 2.19. The molecule has 0 spiro atoms. The highest BCUT2D eigenvalue weighted by molar-refractivity contribution is 5.82. The van der Waals surface area contributed by atoms with Crippen LogP contribution in [-0.4, -0.2) is 60.4 Å². The highest BCUT2D eigenvalue weighted by atomic mass is 16.2. The van der Waals surface area contributed by atoms with Crippen molar-refractivity contribution in [2.24, 2.45) is 5.92 Å². The quantitative estimate of drug-likeness (QED) is 0.836. The van der Waals surface area contributed by atoms with Crippen LogP contribution in [0.4, 0.5) is 0 Å². The molecule has 27 heavy (non-hydrogen) atoms. The monoisotopic (exact) mass is 371 g/mol. The summed E-state index contributed by atoms with van der Waals surface area (Å²) in [6, 6.07) is 10.1. The topological polar surface area (TPSA) is 52.7 Å². The molecule has 2 heterocycles. The number of carbonyl (C=O) groups excluding carboxylic acids is 2. The van der Waals surface area contributed by atoms with E-state index in [2.05, 4.69) is 17.1 Å². The number of rotatable bonds is 6. The van der Waals surface area contributed by atoms with E-state index in [1.807, 2.05) is 35.2 Å². The molecule has 3 rings (SSSR count). The highest BCUT2D eigenvalue weighted by Gasteiger charge is 2.30. The third kappa shape index (κ3) is 5.80. The smallest absolute Gasteiger partial charge is 0.227 e. The molecular weight excluding hydrogens is 338 g/mol. The minimum absolute atomic E-state index is 0.0628. The number of hydrogen-bond acceptors (Lipinski definition) is 3. The van der Waals surface area contributed by atoms with Crippen molar-refractivity contribution in [3.8, 4) is 0 Å². The first-order chi connectivity index (χ1) is 13.2. The van der Waals surface area contributed by atoms with Crippen LogP contribution in [0.25, 0.3) is 0 Å². The summed E-state index contributed by atoms with van der Waals surface area (Å²) in [5.41, 5.74) is 1.04. The SMILES string of the molecule is CCCN1CCC(NC(=O)[C@@H]2CCCN(C(=O)Cc3ccccc3)C2)CC1. The number of benzene rings is 1. The second-order valence-corrected chi connectivity index (χ2v) is 7.97. The van der Waals surface area contributed by atoms with Crippen LogP contribution in [0.15, 0.2) is 30.3 Å². The third-order valence-electron chi connectivity index (χ3n) is 5.82. The predicted molar refractivity (Wildman–Crippen MR) is 107 cm³/mol. The molecule has 148 valence electrons. The zero-order chi connectivity index (χ0) is 19.1. The fourth-order valence-electron chi connectivity index (χ4n) is 4.24. The van der Waals surface area contributed by atoms with E-state index < -0.39 is 0 Å². The van der Waals surface area contributed by atoms with Crippen molar-refractivity contribution in [2.45, 2.75) is 51.5 Å². The molecule has 2 saturated heterocycles. The fraction of sp³-hybridized carbons (Fsp3) is 0.636. The molecule has 0 aliphatic carbocycles. The fourth-order valence-corrected chi connectivity index (χ4v) is 4.24. The molecule has 0 radical (unpaired) electrons. The second-order valence-electron chi connectivity index (χ2n) is 7.97. The summed E-state index contributed by atoms with van der Waals surface area (Å²) in [4.78, 5) is 29.7. The van der Waals surface area contributed by atoms with Crippen molar-refractivity contribution in [2.75, 3.05) is 32.7 Å². The molecule has 0 unspecified atom stereocenters. The molecule has 5 nitrogen and oxygen atoms in total. The second kappa shape index (κ2) is 9.88. The van der Waals surface area contributed by atoms with Gasteiger partial charge >= 0.3 is 0 Å². The molecule has 2 amide bonds. The van der Waals surface area contributed by atoms with Crippen LogP contribution in [0.5, 0.6) is 0 Å². The Balaban J connectivity index is 1.46. The van der Waals surface area contributed by atoms with Gasteiger partial charge in [0.05, 0.1) is 12.3 Å². The normalized spacial score (nSPS) is 21.8. The summed E-state index contributed by atoms with van der Waals surface area (Å²) >= 11 is 0. The summed E-state index contributed by atoms with van der Waals surface area (Å²) in [5.74, 6) is 0.208. The molecule has 2 fully saturated rings. The Morgan fingerprint density at radius 3 is 2.52 bits per heavy atom. The van der Waals surface area contributed by atoms with Gasteiger partial charge in [-0.3, -0.25) is 9.59 Å². The standard InChI is InChI=1S/C22H33N3O2/c1-2-12-24-14-10-20(11-15-24)23-22(27)19-9-6-13-25(17-19)21(26)16-18-7-4-3-5-8-18/h3-5,7-8,19-20H,2,6,9-17H2,1H3,(H,23,27)/t19-/m1/s1. The summed E-state index contributed by atoms with van der Waals surface area (Å²) in [7, 11) is 0. The van der Waals surface area contributed by atoms with Gasteiger partial charge < -0.3 is 15.1 Å². The van der Waals surface area contributed by atoms with Crippen molar-refractivity contribution in [1.82, 2.24) is 15.1 Å². The summed E-state index contributed by atoms with van der Waals surface area (Å²) in [6.07, 6.45) is 5.48. The van der Waals surface area contributed by atoms with E-state index in [1.165, 1.54) is 6.42 Å². The first-order valence-corrected chi connectivity index (χ1v) is 10.5. The average Bonchev–Trinajstić information content (AvgIpc) is 2.70. The third-order valence-corrected chi connectivity index (χ3v) is 5.82. The van der Waals surface area contributed by atoms with Gasteiger partial charge in [-0.05, 0) is 44.2 Å². The zero-order valence-corrected chi connectivity index (χ0v) is 16.5. The molecule has 2 aliphatic heterocycles. The summed E-state index contributed by atoms with van der Waals surface area (Å²) in [5, 5.41) is 3.26. The predicted octanol–water partition coefficient (Wildman–Crippen LogP) is 2.46. The number of hydrogen-bond donors (Lipinski definition) is 1. The lowest BCUT2D eigenvalue weighted by Crippen LogP contribution is -2.50. The van der Waals surface area contributed by atoms with Crippen LogP contribution in [-0.2, 0) is 16.0 Å². The molecule has 1 aromatic rings. The maximum Gasteiger partial charge on any atom is 0.227 e. The lowest BCUT2D eigenvalue weighted by atomic mass is 9.95. The van der Waals surface area contributed by atoms with Crippen LogP contribution in [0, 0.1) is 5.92 Å². The molecule has 1 atom stereocenters. The van der Waals surface area contributed by atoms with E-state index >= 15 is 0 Å². The van der Waals surface area contributed by atoms with E-state index in [-0.39, 0.29) is 17.7 Å². The van der Waals surface area contributed by atoms with Crippen molar-refractivity contribution >= 4 is 11.8 Å². The number of piperidine rings is 2. The van der Waals surface area contributed by atoms with Crippen LogP contribution in [0.2, 0.25) is 0 Å². The van der Waals surface area contributed by atoms with Gasteiger partial charge in [-0.15, -0.1) is 0 Å². The number of nitrogens with one attached hydrogen (secondary N) is 1. The van der Waals surface area contributed by atoms with Crippen LogP contribution in [0.1, 0.15) is 44.6 Å². The van der Waals surface area contributed by atoms with E-state index in [0.717, 1.165) is 57.4 Å². The Morgan fingerprint density at radius 2 is 1.81 bits per heavy atom. The van der Waals surface area contributed by atoms with E-state index in [0.29, 0.717) is 19.0 Å². The van der Waals surface area contributed by atoms with Crippen LogP contribution < -0.4 is 5.32 Å². The molecule has 2 aliphatic rings. The Kier molecular flexibility index (Phi) is 7.27. The van der Waals surface area contributed by atoms with Crippen molar-refractivity contribution in [3.63, 3.8) is 0 Å².